The second kappa shape index (κ2) is 5.27. The lowest BCUT2D eigenvalue weighted by molar-refractivity contribution is -0.384. The molecule has 0 aliphatic carbocycles. The highest BCUT2D eigenvalue weighted by molar-refractivity contribution is 5.64. The van der Waals surface area contributed by atoms with Gasteiger partial charge in [0.25, 0.3) is 5.69 Å². The van der Waals surface area contributed by atoms with E-state index in [1.807, 2.05) is 0 Å². The van der Waals surface area contributed by atoms with Crippen molar-refractivity contribution in [2.75, 3.05) is 4.90 Å². The summed E-state index contributed by atoms with van der Waals surface area (Å²) in [6, 6.07) is 7.44. The van der Waals surface area contributed by atoms with E-state index in [9.17, 15) is 15.4 Å². The van der Waals surface area contributed by atoms with Crippen molar-refractivity contribution in [2.24, 2.45) is 0 Å². The van der Waals surface area contributed by atoms with E-state index in [2.05, 4.69) is 24.8 Å². The fraction of sp³-hybridized carbons (Fsp3) is 0.500. The first-order valence-electron chi connectivity index (χ1n) is 6.55. The molecule has 0 amide bonds. The fourth-order valence-corrected chi connectivity index (χ4v) is 2.86. The summed E-state index contributed by atoms with van der Waals surface area (Å²) >= 11 is 0. The Balaban J connectivity index is 2.44. The first kappa shape index (κ1) is 13.3. The van der Waals surface area contributed by atoms with Gasteiger partial charge in [-0.15, -0.1) is 0 Å². The Morgan fingerprint density at radius 2 is 2.26 bits per heavy atom. The first-order valence-corrected chi connectivity index (χ1v) is 6.55. The molecule has 0 bridgehead atoms. The standard InChI is InChI=1S/C14H17N3O2/c1-3-12-5-4-10(2)16(12)14-7-6-13(17(18)19)8-11(14)9-15/h6-8,10,12H,3-5H2,1-2H3. The highest BCUT2D eigenvalue weighted by Crippen LogP contribution is 2.35. The maximum absolute atomic E-state index is 10.8. The van der Waals surface area contributed by atoms with E-state index in [-0.39, 0.29) is 5.69 Å². The monoisotopic (exact) mass is 259 g/mol. The zero-order chi connectivity index (χ0) is 14.0. The summed E-state index contributed by atoms with van der Waals surface area (Å²) in [7, 11) is 0. The molecule has 0 saturated carbocycles. The summed E-state index contributed by atoms with van der Waals surface area (Å²) in [5.41, 5.74) is 1.19. The van der Waals surface area contributed by atoms with E-state index >= 15 is 0 Å². The summed E-state index contributed by atoms with van der Waals surface area (Å²) in [5, 5.41) is 20.0. The van der Waals surface area contributed by atoms with Crippen molar-refractivity contribution in [1.29, 1.82) is 5.26 Å². The van der Waals surface area contributed by atoms with Gasteiger partial charge in [-0.1, -0.05) is 6.92 Å². The quantitative estimate of drug-likeness (QED) is 0.617. The maximum Gasteiger partial charge on any atom is 0.270 e. The average molecular weight is 259 g/mol. The van der Waals surface area contributed by atoms with Crippen molar-refractivity contribution >= 4 is 11.4 Å². The molecular weight excluding hydrogens is 242 g/mol. The lowest BCUT2D eigenvalue weighted by atomic mass is 10.1. The van der Waals surface area contributed by atoms with E-state index < -0.39 is 4.92 Å². The molecule has 1 saturated heterocycles. The Morgan fingerprint density at radius 1 is 1.53 bits per heavy atom. The molecule has 0 spiro atoms. The molecular formula is C14H17N3O2. The highest BCUT2D eigenvalue weighted by atomic mass is 16.6. The smallest absolute Gasteiger partial charge is 0.270 e. The molecule has 100 valence electrons. The molecule has 0 radical (unpaired) electrons. The number of hydrogen-bond donors (Lipinski definition) is 0. The average Bonchev–Trinajstić information content (AvgIpc) is 2.78. The van der Waals surface area contributed by atoms with Gasteiger partial charge in [0.2, 0.25) is 0 Å². The van der Waals surface area contributed by atoms with Crippen LogP contribution in [0.25, 0.3) is 0 Å². The van der Waals surface area contributed by atoms with Crippen LogP contribution in [0.3, 0.4) is 0 Å². The van der Waals surface area contributed by atoms with Crippen LogP contribution in [0, 0.1) is 21.4 Å². The van der Waals surface area contributed by atoms with Crippen molar-refractivity contribution < 1.29 is 4.92 Å². The van der Waals surface area contributed by atoms with Crippen LogP contribution in [0.1, 0.15) is 38.7 Å². The molecule has 1 heterocycles. The molecule has 2 atom stereocenters. The Morgan fingerprint density at radius 3 is 2.84 bits per heavy atom. The van der Waals surface area contributed by atoms with Crippen LogP contribution >= 0.6 is 0 Å². The molecule has 5 heteroatoms. The van der Waals surface area contributed by atoms with Crippen molar-refractivity contribution in [2.45, 2.75) is 45.2 Å². The zero-order valence-corrected chi connectivity index (χ0v) is 11.2. The van der Waals surface area contributed by atoms with Crippen molar-refractivity contribution in [3.63, 3.8) is 0 Å². The van der Waals surface area contributed by atoms with Crippen molar-refractivity contribution in [3.8, 4) is 6.07 Å². The van der Waals surface area contributed by atoms with Gasteiger partial charge in [-0.05, 0) is 32.3 Å². The summed E-state index contributed by atoms with van der Waals surface area (Å²) in [4.78, 5) is 12.5. The van der Waals surface area contributed by atoms with Gasteiger partial charge in [0.05, 0.1) is 16.2 Å². The number of nitrogens with zero attached hydrogens (tertiary/aromatic N) is 3. The Hall–Kier alpha value is -2.09. The van der Waals surface area contributed by atoms with Gasteiger partial charge in [0, 0.05) is 24.2 Å². The van der Waals surface area contributed by atoms with E-state index in [1.165, 1.54) is 12.1 Å². The minimum atomic E-state index is -0.463. The molecule has 2 rings (SSSR count). The topological polar surface area (TPSA) is 70.2 Å². The number of nitro benzene ring substituents is 1. The Kier molecular flexibility index (Phi) is 3.70. The number of benzene rings is 1. The van der Waals surface area contributed by atoms with Crippen LogP contribution in [-0.2, 0) is 0 Å². The molecule has 1 aromatic carbocycles. The molecule has 2 unspecified atom stereocenters. The summed E-state index contributed by atoms with van der Waals surface area (Å²) in [5.74, 6) is 0. The van der Waals surface area contributed by atoms with Crippen LogP contribution in [-0.4, -0.2) is 17.0 Å². The molecule has 1 aromatic rings. The second-order valence-electron chi connectivity index (χ2n) is 4.97. The predicted octanol–water partition coefficient (Wildman–Crippen LogP) is 3.23. The number of anilines is 1. The minimum Gasteiger partial charge on any atom is -0.365 e. The van der Waals surface area contributed by atoms with E-state index in [0.29, 0.717) is 17.6 Å². The predicted molar refractivity (Wildman–Crippen MR) is 73.1 cm³/mol. The van der Waals surface area contributed by atoms with E-state index in [1.54, 1.807) is 6.07 Å². The SMILES string of the molecule is CCC1CCC(C)N1c1ccc([N+](=O)[O-])cc1C#N. The van der Waals surface area contributed by atoms with Crippen LogP contribution in [0.4, 0.5) is 11.4 Å². The summed E-state index contributed by atoms with van der Waals surface area (Å²) in [6.45, 7) is 4.27. The van der Waals surface area contributed by atoms with E-state index in [0.717, 1.165) is 24.9 Å². The number of non-ortho nitro benzene ring substituents is 1. The van der Waals surface area contributed by atoms with Crippen LogP contribution in [0.2, 0.25) is 0 Å². The van der Waals surface area contributed by atoms with Gasteiger partial charge >= 0.3 is 0 Å². The molecule has 0 N–H and O–H groups in total. The highest BCUT2D eigenvalue weighted by Gasteiger charge is 2.31. The van der Waals surface area contributed by atoms with Crippen LogP contribution in [0.5, 0.6) is 0 Å². The van der Waals surface area contributed by atoms with Gasteiger partial charge in [0.15, 0.2) is 0 Å². The Labute approximate surface area is 112 Å². The van der Waals surface area contributed by atoms with Gasteiger partial charge in [-0.3, -0.25) is 10.1 Å². The Bertz CT molecular complexity index is 536. The van der Waals surface area contributed by atoms with Crippen LogP contribution < -0.4 is 4.90 Å². The van der Waals surface area contributed by atoms with Gasteiger partial charge in [-0.25, -0.2) is 0 Å². The summed E-state index contributed by atoms with van der Waals surface area (Å²) in [6.07, 6.45) is 3.23. The van der Waals surface area contributed by atoms with Gasteiger partial charge < -0.3 is 4.90 Å². The van der Waals surface area contributed by atoms with Gasteiger partial charge in [0.1, 0.15) is 6.07 Å². The normalized spacial score (nSPS) is 22.3. The third-order valence-corrected chi connectivity index (χ3v) is 3.85. The second-order valence-corrected chi connectivity index (χ2v) is 4.97. The molecule has 1 fully saturated rings. The fourth-order valence-electron chi connectivity index (χ4n) is 2.86. The third kappa shape index (κ3) is 2.39. The summed E-state index contributed by atoms with van der Waals surface area (Å²) < 4.78 is 0. The lowest BCUT2D eigenvalue weighted by Crippen LogP contribution is -2.34. The van der Waals surface area contributed by atoms with Crippen molar-refractivity contribution in [1.82, 2.24) is 0 Å². The van der Waals surface area contributed by atoms with Gasteiger partial charge in [-0.2, -0.15) is 5.26 Å². The number of nitriles is 1. The molecule has 5 nitrogen and oxygen atoms in total. The zero-order valence-electron chi connectivity index (χ0n) is 11.2. The van der Waals surface area contributed by atoms with E-state index in [4.69, 9.17) is 0 Å². The largest absolute Gasteiger partial charge is 0.365 e. The molecule has 1 aliphatic rings. The molecule has 1 aliphatic heterocycles. The maximum atomic E-state index is 10.8. The third-order valence-electron chi connectivity index (χ3n) is 3.85. The number of nitro groups is 1. The molecule has 19 heavy (non-hydrogen) atoms. The lowest BCUT2D eigenvalue weighted by Gasteiger charge is -2.30. The first-order chi connectivity index (χ1) is 9.08. The molecule has 0 aromatic heterocycles. The number of hydrogen-bond acceptors (Lipinski definition) is 4. The van der Waals surface area contributed by atoms with Crippen LogP contribution in [0.15, 0.2) is 18.2 Å². The number of rotatable bonds is 3. The minimum absolute atomic E-state index is 0.0276. The van der Waals surface area contributed by atoms with Crippen molar-refractivity contribution in [3.05, 3.63) is 33.9 Å².